The Labute approximate surface area is 57.2 Å². The van der Waals surface area contributed by atoms with Gasteiger partial charge in [-0.3, -0.25) is 4.79 Å². The number of rotatable bonds is 3. The predicted octanol–water partition coefficient (Wildman–Crippen LogP) is 0.00630. The highest BCUT2D eigenvalue weighted by Crippen LogP contribution is 1.92. The molecular weight excluding hydrogens is 132 g/mol. The molecule has 5 nitrogen and oxygen atoms in total. The minimum atomic E-state index is 0.512. The second-order valence-electron chi connectivity index (χ2n) is 1.46. The summed E-state index contributed by atoms with van der Waals surface area (Å²) in [5.41, 5.74) is 2.50. The lowest BCUT2D eigenvalue weighted by atomic mass is 10.9. The summed E-state index contributed by atoms with van der Waals surface area (Å²) in [5, 5.41) is 3.50. The van der Waals surface area contributed by atoms with E-state index in [1.165, 1.54) is 0 Å². The fourth-order valence-corrected chi connectivity index (χ4v) is 0.455. The van der Waals surface area contributed by atoms with Crippen LogP contribution in [0.1, 0.15) is 0 Å². The maximum absolute atomic E-state index is 9.71. The maximum Gasteiger partial charge on any atom is 0.220 e. The van der Waals surface area contributed by atoms with Gasteiger partial charge in [-0.2, -0.15) is 5.10 Å². The van der Waals surface area contributed by atoms with Gasteiger partial charge in [0.1, 0.15) is 0 Å². The molecule has 0 saturated carbocycles. The highest BCUT2D eigenvalue weighted by Gasteiger charge is 1.85. The van der Waals surface area contributed by atoms with Crippen LogP contribution in [0, 0.1) is 0 Å². The summed E-state index contributed by atoms with van der Waals surface area (Å²) in [7, 11) is 0. The van der Waals surface area contributed by atoms with E-state index in [1.807, 2.05) is 0 Å². The van der Waals surface area contributed by atoms with Crippen LogP contribution in [0.2, 0.25) is 0 Å². The lowest BCUT2D eigenvalue weighted by molar-refractivity contribution is -0.102. The Hall–Kier alpha value is -1.65. The first-order chi connectivity index (χ1) is 4.93. The van der Waals surface area contributed by atoms with Crippen LogP contribution in [0.15, 0.2) is 17.5 Å². The summed E-state index contributed by atoms with van der Waals surface area (Å²) in [5.74, 6) is 0.512. The average molecular weight is 138 g/mol. The number of carbonyl (C=O) groups excluding carboxylic acids is 1. The van der Waals surface area contributed by atoms with E-state index in [9.17, 15) is 4.79 Å². The normalized spacial score (nSPS) is 10.0. The molecule has 0 fully saturated rings. The first-order valence-corrected chi connectivity index (χ1v) is 2.65. The topological polar surface area (TPSA) is 70.1 Å². The molecule has 0 saturated heterocycles. The zero-order valence-corrected chi connectivity index (χ0v) is 5.11. The van der Waals surface area contributed by atoms with Crippen LogP contribution in [0.25, 0.3) is 0 Å². The average Bonchev–Trinajstić information content (AvgIpc) is 2.41. The molecule has 0 atom stereocenters. The highest BCUT2D eigenvalue weighted by molar-refractivity contribution is 6.12. The summed E-state index contributed by atoms with van der Waals surface area (Å²) < 4.78 is 0. The molecule has 1 heterocycles. The Morgan fingerprint density at radius 2 is 2.70 bits per heavy atom. The molecular formula is C5H6N4O. The number of hydrogen-bond donors (Lipinski definition) is 2. The molecule has 0 radical (unpaired) electrons. The number of aromatic amines is 1. The van der Waals surface area contributed by atoms with Crippen molar-refractivity contribution in [3.63, 3.8) is 0 Å². The van der Waals surface area contributed by atoms with Gasteiger partial charge in [0, 0.05) is 12.4 Å². The Balaban J connectivity index is 2.41. The Morgan fingerprint density at radius 3 is 3.30 bits per heavy atom. The van der Waals surface area contributed by atoms with E-state index in [0.717, 1.165) is 6.21 Å². The van der Waals surface area contributed by atoms with E-state index >= 15 is 0 Å². The largest absolute Gasteiger partial charge is 0.330 e. The van der Waals surface area contributed by atoms with Gasteiger partial charge in [-0.05, 0) is 0 Å². The van der Waals surface area contributed by atoms with Gasteiger partial charge < -0.3 is 4.98 Å². The van der Waals surface area contributed by atoms with E-state index in [-0.39, 0.29) is 0 Å². The fraction of sp³-hybridized carbons (Fsp3) is 0. The van der Waals surface area contributed by atoms with Gasteiger partial charge in [0.05, 0.1) is 6.21 Å². The van der Waals surface area contributed by atoms with Gasteiger partial charge in [0.25, 0.3) is 0 Å². The van der Waals surface area contributed by atoms with Gasteiger partial charge >= 0.3 is 0 Å². The number of hydrazone groups is 1. The molecule has 0 aliphatic carbocycles. The van der Waals surface area contributed by atoms with E-state index in [1.54, 1.807) is 12.4 Å². The molecule has 2 N–H and O–H groups in total. The van der Waals surface area contributed by atoms with Crippen LogP contribution >= 0.6 is 0 Å². The third kappa shape index (κ3) is 1.70. The predicted molar refractivity (Wildman–Crippen MR) is 36.8 cm³/mol. The van der Waals surface area contributed by atoms with Gasteiger partial charge in [-0.25, -0.2) is 10.4 Å². The van der Waals surface area contributed by atoms with E-state index in [2.05, 4.69) is 20.5 Å². The molecule has 0 aromatic carbocycles. The molecule has 0 aliphatic heterocycles. The Morgan fingerprint density at radius 1 is 1.80 bits per heavy atom. The second-order valence-corrected chi connectivity index (χ2v) is 1.46. The van der Waals surface area contributed by atoms with Gasteiger partial charge in [0.2, 0.25) is 5.95 Å². The molecule has 0 aliphatic rings. The van der Waals surface area contributed by atoms with Crippen LogP contribution in [0.4, 0.5) is 5.95 Å². The Kier molecular flexibility index (Phi) is 2.19. The van der Waals surface area contributed by atoms with Crippen molar-refractivity contribution in [2.75, 3.05) is 5.43 Å². The standard InChI is InChI=1S/C5H6N4O/c10-4-3-8-9-5-6-1-2-7-5/h1-4H,(H2,6,7,9)/b8-3+. The molecule has 0 bridgehead atoms. The van der Waals surface area contributed by atoms with Gasteiger partial charge in [0.15, 0.2) is 6.29 Å². The van der Waals surface area contributed by atoms with Crippen LogP contribution < -0.4 is 5.43 Å². The number of aldehydes is 1. The summed E-state index contributed by atoms with van der Waals surface area (Å²) in [6.45, 7) is 0. The minimum Gasteiger partial charge on any atom is -0.330 e. The number of nitrogens with zero attached hydrogens (tertiary/aromatic N) is 2. The van der Waals surface area contributed by atoms with Crippen molar-refractivity contribution in [3.05, 3.63) is 12.4 Å². The van der Waals surface area contributed by atoms with Crippen molar-refractivity contribution >= 4 is 18.4 Å². The van der Waals surface area contributed by atoms with Crippen molar-refractivity contribution in [1.29, 1.82) is 0 Å². The summed E-state index contributed by atoms with van der Waals surface area (Å²) in [6.07, 6.45) is 4.91. The summed E-state index contributed by atoms with van der Waals surface area (Å²) in [6, 6.07) is 0. The molecule has 1 aromatic rings. The zero-order valence-electron chi connectivity index (χ0n) is 5.11. The minimum absolute atomic E-state index is 0.512. The lowest BCUT2D eigenvalue weighted by Crippen LogP contribution is -1.90. The molecule has 5 heteroatoms. The fourth-order valence-electron chi connectivity index (χ4n) is 0.455. The molecule has 52 valence electrons. The maximum atomic E-state index is 9.71. The third-order valence-corrected chi connectivity index (χ3v) is 0.804. The monoisotopic (exact) mass is 138 g/mol. The number of hydrogen-bond acceptors (Lipinski definition) is 4. The SMILES string of the molecule is O=C/C=N/Nc1ncc[nH]1. The van der Waals surface area contributed by atoms with Crippen molar-refractivity contribution in [2.45, 2.75) is 0 Å². The van der Waals surface area contributed by atoms with Gasteiger partial charge in [-0.1, -0.05) is 0 Å². The number of nitrogens with one attached hydrogen (secondary N) is 2. The highest BCUT2D eigenvalue weighted by atomic mass is 16.1. The van der Waals surface area contributed by atoms with Crippen LogP contribution in [-0.4, -0.2) is 22.5 Å². The summed E-state index contributed by atoms with van der Waals surface area (Å²) in [4.78, 5) is 16.2. The number of carbonyl (C=O) groups is 1. The number of anilines is 1. The van der Waals surface area contributed by atoms with Crippen molar-refractivity contribution in [1.82, 2.24) is 9.97 Å². The second kappa shape index (κ2) is 3.39. The van der Waals surface area contributed by atoms with Gasteiger partial charge in [-0.15, -0.1) is 0 Å². The first-order valence-electron chi connectivity index (χ1n) is 2.65. The third-order valence-electron chi connectivity index (χ3n) is 0.804. The van der Waals surface area contributed by atoms with E-state index < -0.39 is 0 Å². The molecule has 1 aromatic heterocycles. The smallest absolute Gasteiger partial charge is 0.220 e. The Bertz CT molecular complexity index is 216. The number of imidazole rings is 1. The molecule has 10 heavy (non-hydrogen) atoms. The van der Waals surface area contributed by atoms with E-state index in [0.29, 0.717) is 12.2 Å². The van der Waals surface area contributed by atoms with Crippen LogP contribution in [-0.2, 0) is 4.79 Å². The summed E-state index contributed by atoms with van der Waals surface area (Å²) >= 11 is 0. The zero-order chi connectivity index (χ0) is 7.23. The van der Waals surface area contributed by atoms with Crippen molar-refractivity contribution in [3.8, 4) is 0 Å². The lowest BCUT2D eigenvalue weighted by Gasteiger charge is -1.88. The number of aromatic nitrogens is 2. The van der Waals surface area contributed by atoms with Crippen LogP contribution in [0.5, 0.6) is 0 Å². The molecule has 0 unspecified atom stereocenters. The first kappa shape index (κ1) is 6.47. The molecule has 0 amide bonds. The molecule has 0 spiro atoms. The molecule has 1 rings (SSSR count). The van der Waals surface area contributed by atoms with Crippen LogP contribution in [0.3, 0.4) is 0 Å². The number of H-pyrrole nitrogens is 1. The van der Waals surface area contributed by atoms with Crippen molar-refractivity contribution < 1.29 is 4.79 Å². The van der Waals surface area contributed by atoms with E-state index in [4.69, 9.17) is 0 Å². The van der Waals surface area contributed by atoms with Crippen molar-refractivity contribution in [2.24, 2.45) is 5.10 Å². The quantitative estimate of drug-likeness (QED) is 0.351.